The Morgan fingerprint density at radius 3 is 2.08 bits per heavy atom. The van der Waals surface area contributed by atoms with E-state index in [-0.39, 0.29) is 6.61 Å². The minimum absolute atomic E-state index is 0.246. The second-order valence-corrected chi connectivity index (χ2v) is 7.47. The molecule has 1 N–H and O–H groups in total. The zero-order valence-corrected chi connectivity index (χ0v) is 15.2. The summed E-state index contributed by atoms with van der Waals surface area (Å²) in [6.45, 7) is 3.74. The number of para-hydroxylation sites is 2. The van der Waals surface area contributed by atoms with Crippen LogP contribution in [0.4, 0.5) is 0 Å². The second-order valence-electron chi connectivity index (χ2n) is 7.47. The van der Waals surface area contributed by atoms with E-state index < -0.39 is 5.60 Å². The molecule has 0 atom stereocenters. The van der Waals surface area contributed by atoms with E-state index >= 15 is 0 Å². The summed E-state index contributed by atoms with van der Waals surface area (Å²) in [4.78, 5) is 0. The van der Waals surface area contributed by atoms with Gasteiger partial charge in [0.2, 0.25) is 0 Å². The third-order valence-electron chi connectivity index (χ3n) is 4.49. The SMILES string of the molecule is CC(C)(O)COc1ccccc1-c1ccccc1OC1CCCCC1. The fourth-order valence-electron chi connectivity index (χ4n) is 3.22. The van der Waals surface area contributed by atoms with Gasteiger partial charge in [0.1, 0.15) is 18.1 Å². The predicted molar refractivity (Wildman–Crippen MR) is 101 cm³/mol. The van der Waals surface area contributed by atoms with Gasteiger partial charge in [-0.1, -0.05) is 42.8 Å². The van der Waals surface area contributed by atoms with Crippen LogP contribution >= 0.6 is 0 Å². The Kier molecular flexibility index (Phi) is 5.64. The Balaban J connectivity index is 1.86. The topological polar surface area (TPSA) is 38.7 Å². The lowest BCUT2D eigenvalue weighted by Crippen LogP contribution is -2.28. The van der Waals surface area contributed by atoms with E-state index in [4.69, 9.17) is 9.47 Å². The zero-order chi connectivity index (χ0) is 17.7. The highest BCUT2D eigenvalue weighted by atomic mass is 16.5. The molecule has 0 aromatic heterocycles. The molecule has 0 heterocycles. The van der Waals surface area contributed by atoms with Crippen LogP contribution in [0.15, 0.2) is 48.5 Å². The second kappa shape index (κ2) is 7.92. The van der Waals surface area contributed by atoms with Gasteiger partial charge >= 0.3 is 0 Å². The minimum Gasteiger partial charge on any atom is -0.490 e. The van der Waals surface area contributed by atoms with E-state index in [9.17, 15) is 5.11 Å². The Morgan fingerprint density at radius 1 is 0.880 bits per heavy atom. The largest absolute Gasteiger partial charge is 0.490 e. The smallest absolute Gasteiger partial charge is 0.127 e. The van der Waals surface area contributed by atoms with E-state index in [0.29, 0.717) is 6.10 Å². The van der Waals surface area contributed by atoms with E-state index in [1.54, 1.807) is 13.8 Å². The molecule has 1 aliphatic rings. The number of hydrogen-bond acceptors (Lipinski definition) is 3. The molecular formula is C22H28O3. The molecule has 3 nitrogen and oxygen atoms in total. The summed E-state index contributed by atoms with van der Waals surface area (Å²) in [7, 11) is 0. The quantitative estimate of drug-likeness (QED) is 0.784. The van der Waals surface area contributed by atoms with Crippen LogP contribution in [0.1, 0.15) is 46.0 Å². The van der Waals surface area contributed by atoms with Crippen molar-refractivity contribution in [2.24, 2.45) is 0 Å². The molecule has 0 saturated heterocycles. The van der Waals surface area contributed by atoms with Crippen molar-refractivity contribution in [3.63, 3.8) is 0 Å². The molecule has 2 aromatic carbocycles. The van der Waals surface area contributed by atoms with Gasteiger partial charge in [-0.2, -0.15) is 0 Å². The lowest BCUT2D eigenvalue weighted by molar-refractivity contribution is 0.0287. The third kappa shape index (κ3) is 4.99. The Morgan fingerprint density at radius 2 is 1.44 bits per heavy atom. The standard InChI is InChI=1S/C22H28O3/c1-22(2,23)16-24-20-14-8-6-12-18(20)19-13-7-9-15-21(19)25-17-10-4-3-5-11-17/h6-9,12-15,17,23H,3-5,10-11,16H2,1-2H3. The molecule has 1 saturated carbocycles. The van der Waals surface area contributed by atoms with Crippen molar-refractivity contribution in [2.45, 2.75) is 57.7 Å². The molecule has 1 aliphatic carbocycles. The molecule has 1 fully saturated rings. The maximum absolute atomic E-state index is 9.96. The van der Waals surface area contributed by atoms with Gasteiger partial charge in [0.25, 0.3) is 0 Å². The van der Waals surface area contributed by atoms with Crippen LogP contribution in [0.3, 0.4) is 0 Å². The van der Waals surface area contributed by atoms with Crippen LogP contribution in [0.5, 0.6) is 11.5 Å². The van der Waals surface area contributed by atoms with Gasteiger partial charge in [-0.05, 0) is 51.7 Å². The maximum atomic E-state index is 9.96. The fraction of sp³-hybridized carbons (Fsp3) is 0.455. The number of benzene rings is 2. The van der Waals surface area contributed by atoms with Crippen molar-refractivity contribution in [3.05, 3.63) is 48.5 Å². The lowest BCUT2D eigenvalue weighted by atomic mass is 9.97. The van der Waals surface area contributed by atoms with Gasteiger partial charge in [0.15, 0.2) is 0 Å². The Bertz CT molecular complexity index is 682. The van der Waals surface area contributed by atoms with Crippen molar-refractivity contribution in [3.8, 4) is 22.6 Å². The van der Waals surface area contributed by atoms with E-state index in [1.807, 2.05) is 42.5 Å². The average molecular weight is 340 g/mol. The van der Waals surface area contributed by atoms with Crippen LogP contribution in [0.25, 0.3) is 11.1 Å². The average Bonchev–Trinajstić information content (AvgIpc) is 2.61. The molecule has 2 aromatic rings. The van der Waals surface area contributed by atoms with Crippen LogP contribution in [0, 0.1) is 0 Å². The summed E-state index contributed by atoms with van der Waals surface area (Å²) in [6.07, 6.45) is 6.38. The first-order valence-electron chi connectivity index (χ1n) is 9.23. The molecule has 0 unspecified atom stereocenters. The van der Waals surface area contributed by atoms with E-state index in [1.165, 1.54) is 19.3 Å². The number of aliphatic hydroxyl groups is 1. The Labute approximate surface area is 150 Å². The van der Waals surface area contributed by atoms with Crippen LogP contribution < -0.4 is 9.47 Å². The fourth-order valence-corrected chi connectivity index (χ4v) is 3.22. The first kappa shape index (κ1) is 17.8. The molecular weight excluding hydrogens is 312 g/mol. The van der Waals surface area contributed by atoms with E-state index in [0.717, 1.165) is 35.5 Å². The van der Waals surface area contributed by atoms with Gasteiger partial charge in [-0.3, -0.25) is 0 Å². The molecule has 3 heteroatoms. The zero-order valence-electron chi connectivity index (χ0n) is 15.2. The molecule has 0 bridgehead atoms. The highest BCUT2D eigenvalue weighted by molar-refractivity contribution is 5.75. The monoisotopic (exact) mass is 340 g/mol. The third-order valence-corrected chi connectivity index (χ3v) is 4.49. The minimum atomic E-state index is -0.870. The highest BCUT2D eigenvalue weighted by Crippen LogP contribution is 2.38. The molecule has 25 heavy (non-hydrogen) atoms. The van der Waals surface area contributed by atoms with Crippen LogP contribution in [-0.2, 0) is 0 Å². The first-order chi connectivity index (χ1) is 12.0. The highest BCUT2D eigenvalue weighted by Gasteiger charge is 2.19. The molecule has 0 aliphatic heterocycles. The summed E-state index contributed by atoms with van der Waals surface area (Å²) in [6, 6.07) is 16.1. The summed E-state index contributed by atoms with van der Waals surface area (Å²) in [5.41, 5.74) is 1.17. The lowest BCUT2D eigenvalue weighted by Gasteiger charge is -2.25. The molecule has 0 amide bonds. The van der Waals surface area contributed by atoms with Crippen LogP contribution in [0.2, 0.25) is 0 Å². The Hall–Kier alpha value is -2.00. The molecule has 3 rings (SSSR count). The van der Waals surface area contributed by atoms with Gasteiger partial charge in [0, 0.05) is 11.1 Å². The summed E-state index contributed by atoms with van der Waals surface area (Å²) >= 11 is 0. The number of ether oxygens (including phenoxy) is 2. The van der Waals surface area contributed by atoms with Gasteiger partial charge < -0.3 is 14.6 Å². The van der Waals surface area contributed by atoms with Crippen molar-refractivity contribution in [1.82, 2.24) is 0 Å². The normalized spacial score (nSPS) is 15.8. The van der Waals surface area contributed by atoms with Crippen molar-refractivity contribution >= 4 is 0 Å². The summed E-state index contributed by atoms with van der Waals surface area (Å²) in [5, 5.41) is 9.96. The van der Waals surface area contributed by atoms with Crippen molar-refractivity contribution in [1.29, 1.82) is 0 Å². The maximum Gasteiger partial charge on any atom is 0.127 e. The molecule has 134 valence electrons. The van der Waals surface area contributed by atoms with Gasteiger partial charge in [-0.15, -0.1) is 0 Å². The molecule has 0 radical (unpaired) electrons. The summed E-state index contributed by atoms with van der Waals surface area (Å²) < 4.78 is 12.2. The molecule has 0 spiro atoms. The summed E-state index contributed by atoms with van der Waals surface area (Å²) in [5.74, 6) is 1.68. The number of rotatable bonds is 6. The van der Waals surface area contributed by atoms with Gasteiger partial charge in [0.05, 0.1) is 11.7 Å². The van der Waals surface area contributed by atoms with Crippen LogP contribution in [-0.4, -0.2) is 23.4 Å². The van der Waals surface area contributed by atoms with Gasteiger partial charge in [-0.25, -0.2) is 0 Å². The first-order valence-corrected chi connectivity index (χ1v) is 9.23. The predicted octanol–water partition coefficient (Wildman–Crippen LogP) is 5.21. The van der Waals surface area contributed by atoms with Crippen molar-refractivity contribution < 1.29 is 14.6 Å². The van der Waals surface area contributed by atoms with Crippen molar-refractivity contribution in [2.75, 3.05) is 6.61 Å². The van der Waals surface area contributed by atoms with E-state index in [2.05, 4.69) is 6.07 Å². The number of hydrogen-bond donors (Lipinski definition) is 1.